The maximum absolute atomic E-state index is 2.43. The van der Waals surface area contributed by atoms with Crippen LogP contribution in [0.5, 0.6) is 0 Å². The molecule has 0 saturated heterocycles. The molecule has 0 aliphatic heterocycles. The van der Waals surface area contributed by atoms with Gasteiger partial charge in [-0.05, 0) is 111 Å². The molecule has 0 amide bonds. The minimum Gasteiger partial charge on any atom is -0.144 e. The predicted octanol–water partition coefficient (Wildman–Crippen LogP) is 20.0. The summed E-state index contributed by atoms with van der Waals surface area (Å²) in [6.45, 7) is 16.5. The van der Waals surface area contributed by atoms with Crippen LogP contribution < -0.4 is 9.00 Å². The van der Waals surface area contributed by atoms with Crippen LogP contribution in [0, 0.1) is 6.92 Å². The first-order valence-electron chi connectivity index (χ1n) is 21.0. The van der Waals surface area contributed by atoms with E-state index in [-0.39, 0.29) is 7.43 Å². The van der Waals surface area contributed by atoms with E-state index >= 15 is 0 Å². The van der Waals surface area contributed by atoms with Gasteiger partial charge < -0.3 is 0 Å². The zero-order valence-corrected chi connectivity index (χ0v) is 44.9. The summed E-state index contributed by atoms with van der Waals surface area (Å²) in [5.74, 6) is 0. The molecule has 0 atom stereocenters. The molecule has 0 fully saturated rings. The molecule has 0 nitrogen and oxygen atoms in total. The highest BCUT2D eigenvalue weighted by molar-refractivity contribution is 7.33. The molecule has 9 heterocycles. The lowest BCUT2D eigenvalue weighted by atomic mass is 10.3. The average Bonchev–Trinajstić information content (AvgIpc) is 4.13. The van der Waals surface area contributed by atoms with Gasteiger partial charge in [0, 0.05) is 63.4 Å². The van der Waals surface area contributed by atoms with Gasteiger partial charge in [-0.3, -0.25) is 0 Å². The molecule has 0 bridgehead atoms. The van der Waals surface area contributed by atoms with E-state index in [4.69, 9.17) is 0 Å². The van der Waals surface area contributed by atoms with E-state index in [0.29, 0.717) is 0 Å². The van der Waals surface area contributed by atoms with Gasteiger partial charge in [0.05, 0.1) is 16.1 Å². The minimum atomic E-state index is -1.23. The lowest BCUT2D eigenvalue weighted by Gasteiger charge is -2.26. The highest BCUT2D eigenvalue weighted by Crippen LogP contribution is 2.41. The lowest BCUT2D eigenvalue weighted by molar-refractivity contribution is 1.20. The average molecular weight is 1000 g/mol. The standard InChI is InChI=1S/C19H24S3Si.C18H22S3Si.C12H8S3.CH4/c1-5-23(6-2,7-3)19-13-12-18(22-19)17-11-10-16(21-17)15-9-8-14(4)20-15;1-4-22(5-2,6-3)18-12-11-17(21-18)16-10-9-15(20-16)14-8-7-13-19-14;1-3-9(13-7-1)11-5-6-12(15-11)10-4-2-8-14-10;/h8-13H,5-7H2,1-4H3;7-13H,4-6H2,1-3H3;1-8H;1H4. The van der Waals surface area contributed by atoms with Crippen molar-refractivity contribution < 1.29 is 0 Å². The minimum absolute atomic E-state index is 0. The SMILES string of the molecule is C.CC[Si](CC)(CC)c1ccc(-c2ccc(-c3ccc(C)s3)s2)s1.CC[Si](CC)(CC)c1ccc(-c2ccc(-c3cccs3)s2)s1.c1csc(-c2ccc(-c3cccs3)s2)c1. The van der Waals surface area contributed by atoms with Gasteiger partial charge in [-0.2, -0.15) is 0 Å². The number of hydrogen-bond acceptors (Lipinski definition) is 9. The Hall–Kier alpha value is -2.27. The van der Waals surface area contributed by atoms with Gasteiger partial charge in [0.25, 0.3) is 0 Å². The van der Waals surface area contributed by atoms with E-state index in [1.807, 2.05) is 56.7 Å². The second kappa shape index (κ2) is 22.6. The van der Waals surface area contributed by atoms with E-state index in [2.05, 4.69) is 196 Å². The van der Waals surface area contributed by atoms with Crippen LogP contribution in [0.15, 0.2) is 125 Å². The van der Waals surface area contributed by atoms with Crippen molar-refractivity contribution in [3.8, 4) is 58.5 Å². The summed E-state index contributed by atoms with van der Waals surface area (Å²) in [7, 11) is -2.46. The van der Waals surface area contributed by atoms with Crippen LogP contribution in [0.3, 0.4) is 0 Å². The molecule has 9 rings (SSSR count). The van der Waals surface area contributed by atoms with Crippen LogP contribution in [0.25, 0.3) is 58.5 Å². The summed E-state index contributed by atoms with van der Waals surface area (Å²) in [4.78, 5) is 18.2. The Balaban J connectivity index is 0.000000155. The van der Waals surface area contributed by atoms with E-state index in [1.54, 1.807) is 31.7 Å². The van der Waals surface area contributed by atoms with Crippen molar-refractivity contribution in [2.75, 3.05) is 0 Å². The Morgan fingerprint density at radius 2 is 0.574 bits per heavy atom. The van der Waals surface area contributed by atoms with Gasteiger partial charge in [-0.15, -0.1) is 102 Å². The van der Waals surface area contributed by atoms with Gasteiger partial charge in [-0.1, -0.05) is 116 Å². The Labute approximate surface area is 404 Å². The molecule has 9 aromatic rings. The zero-order valence-electron chi connectivity index (χ0n) is 35.5. The molecule has 0 aromatic carbocycles. The molecule has 9 aromatic heterocycles. The van der Waals surface area contributed by atoms with Gasteiger partial charge in [0.2, 0.25) is 0 Å². The molecule has 0 saturated carbocycles. The fraction of sp³-hybridized carbons (Fsp3) is 0.280. The third kappa shape index (κ3) is 11.2. The van der Waals surface area contributed by atoms with E-state index in [0.717, 1.165) is 0 Å². The topological polar surface area (TPSA) is 0 Å². The van der Waals surface area contributed by atoms with Crippen LogP contribution in [-0.4, -0.2) is 16.1 Å². The third-order valence-electron chi connectivity index (χ3n) is 11.9. The smallest absolute Gasteiger partial charge is 0.0987 e. The molecule has 61 heavy (non-hydrogen) atoms. The van der Waals surface area contributed by atoms with Crippen molar-refractivity contribution >= 4 is 127 Å². The zero-order chi connectivity index (χ0) is 42.1. The summed E-state index contributed by atoms with van der Waals surface area (Å²) in [6.07, 6.45) is 0. The van der Waals surface area contributed by atoms with Crippen molar-refractivity contribution in [2.45, 2.75) is 92.2 Å². The van der Waals surface area contributed by atoms with Crippen molar-refractivity contribution in [2.24, 2.45) is 0 Å². The van der Waals surface area contributed by atoms with Gasteiger partial charge in [-0.25, -0.2) is 0 Å². The predicted molar refractivity (Wildman–Crippen MR) is 298 cm³/mol. The molecule has 0 unspecified atom stereocenters. The van der Waals surface area contributed by atoms with Crippen molar-refractivity contribution in [3.63, 3.8) is 0 Å². The normalized spacial score (nSPS) is 11.5. The first-order chi connectivity index (χ1) is 29.3. The van der Waals surface area contributed by atoms with E-state index in [1.165, 1.54) is 99.7 Å². The third-order valence-corrected chi connectivity index (χ3v) is 35.5. The molecular weight excluding hydrogens is 945 g/mol. The van der Waals surface area contributed by atoms with Crippen LogP contribution in [0.4, 0.5) is 0 Å². The summed E-state index contributed by atoms with van der Waals surface area (Å²) in [5.41, 5.74) is 0. The number of rotatable bonds is 14. The molecule has 0 radical (unpaired) electrons. The highest BCUT2D eigenvalue weighted by atomic mass is 32.1. The van der Waals surface area contributed by atoms with Crippen molar-refractivity contribution in [1.82, 2.24) is 0 Å². The Bertz CT molecular complexity index is 2530. The summed E-state index contributed by atoms with van der Waals surface area (Å²) in [6, 6.07) is 48.7. The second-order valence-electron chi connectivity index (χ2n) is 14.8. The summed E-state index contributed by atoms with van der Waals surface area (Å²) < 4.78 is 3.39. The van der Waals surface area contributed by atoms with Gasteiger partial charge >= 0.3 is 0 Å². The van der Waals surface area contributed by atoms with Crippen LogP contribution >= 0.6 is 102 Å². The van der Waals surface area contributed by atoms with Crippen molar-refractivity contribution in [1.29, 1.82) is 0 Å². The lowest BCUT2D eigenvalue weighted by Crippen LogP contribution is -2.43. The Morgan fingerprint density at radius 1 is 0.311 bits per heavy atom. The molecule has 0 aliphatic carbocycles. The maximum Gasteiger partial charge on any atom is 0.0987 e. The molecule has 320 valence electrons. The van der Waals surface area contributed by atoms with Gasteiger partial charge in [0.1, 0.15) is 0 Å². The molecular formula is C50H58S9Si2. The van der Waals surface area contributed by atoms with Gasteiger partial charge in [0.15, 0.2) is 0 Å². The number of aryl methyl sites for hydroxylation is 1. The van der Waals surface area contributed by atoms with Crippen LogP contribution in [0.1, 0.15) is 53.8 Å². The van der Waals surface area contributed by atoms with Crippen LogP contribution in [-0.2, 0) is 0 Å². The molecule has 11 heteroatoms. The summed E-state index contributed by atoms with van der Waals surface area (Å²) >= 11 is 17.2. The van der Waals surface area contributed by atoms with E-state index in [9.17, 15) is 0 Å². The summed E-state index contributed by atoms with van der Waals surface area (Å²) in [5, 5.41) is 6.40. The fourth-order valence-electron chi connectivity index (χ4n) is 7.69. The Kier molecular flexibility index (Phi) is 17.8. The van der Waals surface area contributed by atoms with E-state index < -0.39 is 16.1 Å². The first-order valence-corrected chi connectivity index (χ1v) is 33.7. The number of thiophene rings is 9. The van der Waals surface area contributed by atoms with Crippen LogP contribution in [0.2, 0.25) is 36.3 Å². The first kappa shape index (κ1) is 48.2. The van der Waals surface area contributed by atoms with Crippen molar-refractivity contribution in [3.05, 3.63) is 130 Å². The fourth-order valence-corrected chi connectivity index (χ4v) is 26.8. The molecule has 0 aliphatic rings. The second-order valence-corrected chi connectivity index (χ2v) is 35.6. The quantitative estimate of drug-likeness (QED) is 0.0953. The Morgan fingerprint density at radius 3 is 0.836 bits per heavy atom. The highest BCUT2D eigenvalue weighted by Gasteiger charge is 2.32. The molecule has 0 N–H and O–H groups in total. The number of hydrogen-bond donors (Lipinski definition) is 0. The maximum atomic E-state index is 2.43. The monoisotopic (exact) mass is 1000 g/mol. The molecule has 0 spiro atoms. The largest absolute Gasteiger partial charge is 0.144 e.